The van der Waals surface area contributed by atoms with Crippen molar-refractivity contribution >= 4 is 16.9 Å². The predicted molar refractivity (Wildman–Crippen MR) is 90.5 cm³/mol. The van der Waals surface area contributed by atoms with Gasteiger partial charge in [0, 0.05) is 7.05 Å². The Hall–Kier alpha value is -2.73. The van der Waals surface area contributed by atoms with E-state index in [1.807, 2.05) is 40.8 Å². The lowest BCUT2D eigenvalue weighted by molar-refractivity contribution is -0.123. The van der Waals surface area contributed by atoms with Crippen LogP contribution in [0.1, 0.15) is 17.4 Å². The smallest absolute Gasteiger partial charge is 0.239 e. The number of nitrogens with zero attached hydrogens (tertiary/aromatic N) is 3. The number of nitrogens with two attached hydrogens (primary N) is 1. The first-order chi connectivity index (χ1) is 11.5. The number of aromatic nitrogens is 2. The Kier molecular flexibility index (Phi) is 4.31. The highest BCUT2D eigenvalue weighted by Crippen LogP contribution is 2.22. The third kappa shape index (κ3) is 3.00. The van der Waals surface area contributed by atoms with Gasteiger partial charge in [0.15, 0.2) is 0 Å². The van der Waals surface area contributed by atoms with Gasteiger partial charge >= 0.3 is 0 Å². The van der Waals surface area contributed by atoms with Crippen molar-refractivity contribution < 1.29 is 9.18 Å². The quantitative estimate of drug-likeness (QED) is 0.783. The second-order valence-corrected chi connectivity index (χ2v) is 5.85. The van der Waals surface area contributed by atoms with E-state index >= 15 is 0 Å². The zero-order valence-corrected chi connectivity index (χ0v) is 13.6. The summed E-state index contributed by atoms with van der Waals surface area (Å²) in [5.74, 6) is -0.00471. The van der Waals surface area contributed by atoms with Crippen LogP contribution >= 0.6 is 0 Å². The van der Waals surface area contributed by atoms with Crippen molar-refractivity contribution in [3.8, 4) is 0 Å². The van der Waals surface area contributed by atoms with Gasteiger partial charge in [0.05, 0.1) is 17.6 Å². The first-order valence-electron chi connectivity index (χ1n) is 7.62. The van der Waals surface area contributed by atoms with E-state index in [2.05, 4.69) is 4.98 Å². The number of imidazole rings is 1. The summed E-state index contributed by atoms with van der Waals surface area (Å²) in [6.07, 6.45) is 0. The van der Waals surface area contributed by atoms with E-state index in [4.69, 9.17) is 5.73 Å². The van der Waals surface area contributed by atoms with Crippen LogP contribution in [0, 0.1) is 5.82 Å². The van der Waals surface area contributed by atoms with Crippen molar-refractivity contribution in [3.63, 3.8) is 0 Å². The van der Waals surface area contributed by atoms with Gasteiger partial charge in [-0.25, -0.2) is 9.37 Å². The third-order valence-corrected chi connectivity index (χ3v) is 4.17. The molecule has 0 fully saturated rings. The largest absolute Gasteiger partial charge is 0.368 e. The van der Waals surface area contributed by atoms with Crippen LogP contribution in [0.15, 0.2) is 48.5 Å². The number of hydrogen-bond acceptors (Lipinski definition) is 3. The average molecular weight is 326 g/mol. The summed E-state index contributed by atoms with van der Waals surface area (Å²) in [4.78, 5) is 18.4. The van der Waals surface area contributed by atoms with E-state index in [-0.39, 0.29) is 5.82 Å². The predicted octanol–water partition coefficient (Wildman–Crippen LogP) is 2.37. The lowest BCUT2D eigenvalue weighted by atomic mass is 10.1. The standard InChI is InChI=1S/C18H19FN4O/c1-22(17(18(20)24)12-7-9-13(19)10-8-12)11-16-21-14-5-3-4-6-15(14)23(16)2/h3-10,17H,11H2,1-2H3,(H2,20,24). The molecule has 6 heteroatoms. The summed E-state index contributed by atoms with van der Waals surface area (Å²) in [6.45, 7) is 0.441. The molecule has 0 bridgehead atoms. The van der Waals surface area contributed by atoms with Gasteiger partial charge in [-0.15, -0.1) is 0 Å². The number of fused-ring (bicyclic) bond motifs is 1. The van der Waals surface area contributed by atoms with Gasteiger partial charge in [-0.2, -0.15) is 0 Å². The van der Waals surface area contributed by atoms with Crippen LogP contribution in [0.25, 0.3) is 11.0 Å². The molecule has 2 N–H and O–H groups in total. The van der Waals surface area contributed by atoms with Crippen molar-refractivity contribution in [1.82, 2.24) is 14.5 Å². The molecule has 0 aliphatic heterocycles. The summed E-state index contributed by atoms with van der Waals surface area (Å²) in [5, 5.41) is 0. The Morgan fingerprint density at radius 2 is 1.92 bits per heavy atom. The molecule has 24 heavy (non-hydrogen) atoms. The van der Waals surface area contributed by atoms with E-state index in [9.17, 15) is 9.18 Å². The molecule has 0 aliphatic rings. The minimum absolute atomic E-state index is 0.347. The number of rotatable bonds is 5. The van der Waals surface area contributed by atoms with E-state index < -0.39 is 11.9 Å². The molecule has 5 nitrogen and oxygen atoms in total. The second kappa shape index (κ2) is 6.41. The Morgan fingerprint density at radius 3 is 2.54 bits per heavy atom. The van der Waals surface area contributed by atoms with Crippen LogP contribution < -0.4 is 5.73 Å². The molecule has 0 spiro atoms. The Morgan fingerprint density at radius 1 is 1.25 bits per heavy atom. The first kappa shape index (κ1) is 16.1. The summed E-state index contributed by atoms with van der Waals surface area (Å²) >= 11 is 0. The van der Waals surface area contributed by atoms with Crippen LogP contribution in [-0.4, -0.2) is 27.4 Å². The SMILES string of the molecule is CN(Cc1nc2ccccc2n1C)C(C(N)=O)c1ccc(F)cc1. The molecular formula is C18H19FN4O. The molecule has 124 valence electrons. The van der Waals surface area contributed by atoms with Gasteiger partial charge in [-0.1, -0.05) is 24.3 Å². The van der Waals surface area contributed by atoms with Crippen LogP contribution in [0.5, 0.6) is 0 Å². The van der Waals surface area contributed by atoms with Crippen molar-refractivity contribution in [2.45, 2.75) is 12.6 Å². The number of halogens is 1. The second-order valence-electron chi connectivity index (χ2n) is 5.85. The number of aryl methyl sites for hydroxylation is 1. The van der Waals surface area contributed by atoms with Crippen molar-refractivity contribution in [2.24, 2.45) is 12.8 Å². The fourth-order valence-electron chi connectivity index (χ4n) is 2.93. The van der Waals surface area contributed by atoms with Gasteiger partial charge < -0.3 is 10.3 Å². The zero-order chi connectivity index (χ0) is 17.3. The van der Waals surface area contributed by atoms with Gasteiger partial charge in [0.2, 0.25) is 5.91 Å². The number of amides is 1. The van der Waals surface area contributed by atoms with Crippen molar-refractivity contribution in [3.05, 3.63) is 65.7 Å². The highest BCUT2D eigenvalue weighted by atomic mass is 19.1. The van der Waals surface area contributed by atoms with Gasteiger partial charge in [-0.05, 0) is 36.9 Å². The maximum Gasteiger partial charge on any atom is 0.239 e. The van der Waals surface area contributed by atoms with Gasteiger partial charge in [-0.3, -0.25) is 9.69 Å². The molecule has 0 saturated carbocycles. The van der Waals surface area contributed by atoms with E-state index in [0.29, 0.717) is 12.1 Å². The van der Waals surface area contributed by atoms with Gasteiger partial charge in [0.25, 0.3) is 0 Å². The topological polar surface area (TPSA) is 64.2 Å². The summed E-state index contributed by atoms with van der Waals surface area (Å²) in [6, 6.07) is 13.0. The summed E-state index contributed by atoms with van der Waals surface area (Å²) in [7, 11) is 3.74. The van der Waals surface area contributed by atoms with E-state index in [1.165, 1.54) is 12.1 Å². The fourth-order valence-corrected chi connectivity index (χ4v) is 2.93. The van der Waals surface area contributed by atoms with Crippen molar-refractivity contribution in [1.29, 1.82) is 0 Å². The summed E-state index contributed by atoms with van der Waals surface area (Å²) < 4.78 is 15.1. The van der Waals surface area contributed by atoms with Crippen LogP contribution in [-0.2, 0) is 18.4 Å². The zero-order valence-electron chi connectivity index (χ0n) is 13.6. The average Bonchev–Trinajstić information content (AvgIpc) is 2.86. The minimum Gasteiger partial charge on any atom is -0.368 e. The molecule has 3 aromatic rings. The number of carbonyl (C=O) groups excluding carboxylic acids is 1. The monoisotopic (exact) mass is 326 g/mol. The molecule has 0 saturated heterocycles. The maximum atomic E-state index is 13.1. The maximum absolute atomic E-state index is 13.1. The number of hydrogen-bond donors (Lipinski definition) is 1. The Labute approximate surface area is 139 Å². The Balaban J connectivity index is 1.90. The van der Waals surface area contributed by atoms with Crippen molar-refractivity contribution in [2.75, 3.05) is 7.05 Å². The number of carbonyl (C=O) groups is 1. The first-order valence-corrected chi connectivity index (χ1v) is 7.62. The molecule has 2 aromatic carbocycles. The minimum atomic E-state index is -0.648. The number of benzene rings is 2. The van der Waals surface area contributed by atoms with Gasteiger partial charge in [0.1, 0.15) is 17.7 Å². The lowest BCUT2D eigenvalue weighted by Crippen LogP contribution is -2.35. The Bertz CT molecular complexity index is 872. The highest BCUT2D eigenvalue weighted by molar-refractivity contribution is 5.81. The molecule has 0 aliphatic carbocycles. The number of primary amides is 1. The molecule has 1 unspecified atom stereocenters. The van der Waals surface area contributed by atoms with Crippen LogP contribution in [0.4, 0.5) is 4.39 Å². The molecule has 0 radical (unpaired) electrons. The van der Waals surface area contributed by atoms with Crippen LogP contribution in [0.2, 0.25) is 0 Å². The summed E-state index contributed by atoms with van der Waals surface area (Å²) in [5.41, 5.74) is 8.16. The molecule has 1 aromatic heterocycles. The normalized spacial score (nSPS) is 12.7. The van der Waals surface area contributed by atoms with Crippen LogP contribution in [0.3, 0.4) is 0 Å². The third-order valence-electron chi connectivity index (χ3n) is 4.17. The lowest BCUT2D eigenvalue weighted by Gasteiger charge is -2.25. The molecule has 3 rings (SSSR count). The molecule has 1 heterocycles. The number of likely N-dealkylation sites (N-methyl/N-ethyl adjacent to an activating group) is 1. The molecule has 1 amide bonds. The van der Waals surface area contributed by atoms with E-state index in [0.717, 1.165) is 16.9 Å². The fraction of sp³-hybridized carbons (Fsp3) is 0.222. The van der Waals surface area contributed by atoms with E-state index in [1.54, 1.807) is 19.2 Å². The number of para-hydroxylation sites is 2. The highest BCUT2D eigenvalue weighted by Gasteiger charge is 2.24. The molecule has 1 atom stereocenters. The molecular weight excluding hydrogens is 307 g/mol.